The van der Waals surface area contributed by atoms with Crippen molar-refractivity contribution in [3.05, 3.63) is 35.4 Å². The molecule has 1 rings (SSSR count). The van der Waals surface area contributed by atoms with E-state index in [4.69, 9.17) is 0 Å². The van der Waals surface area contributed by atoms with Gasteiger partial charge in [0.15, 0.2) is 0 Å². The van der Waals surface area contributed by atoms with Crippen LogP contribution in [0.4, 0.5) is 0 Å². The average Bonchev–Trinajstić information content (AvgIpc) is 2.35. The maximum Gasteiger partial charge on any atom is 0.251 e. The van der Waals surface area contributed by atoms with Crippen molar-refractivity contribution < 1.29 is 4.79 Å². The zero-order chi connectivity index (χ0) is 14.3. The first-order valence-corrected chi connectivity index (χ1v) is 6.72. The van der Waals surface area contributed by atoms with Gasteiger partial charge in [-0.2, -0.15) is 0 Å². The van der Waals surface area contributed by atoms with Crippen LogP contribution in [0.3, 0.4) is 0 Å². The molecule has 0 aliphatic rings. The first-order chi connectivity index (χ1) is 9.04. The minimum absolute atomic E-state index is 0.0149. The van der Waals surface area contributed by atoms with Crippen LogP contribution in [0.2, 0.25) is 0 Å². The molecule has 0 aliphatic heterocycles. The van der Waals surface area contributed by atoms with Crippen molar-refractivity contribution in [2.75, 3.05) is 34.2 Å². The van der Waals surface area contributed by atoms with Crippen LogP contribution in [0.25, 0.3) is 0 Å². The molecule has 1 unspecified atom stereocenters. The van der Waals surface area contributed by atoms with E-state index in [1.54, 1.807) is 0 Å². The summed E-state index contributed by atoms with van der Waals surface area (Å²) in [6.45, 7) is 3.73. The first-order valence-electron chi connectivity index (χ1n) is 6.72. The van der Waals surface area contributed by atoms with Crippen LogP contribution >= 0.6 is 0 Å². The summed E-state index contributed by atoms with van der Waals surface area (Å²) in [5.41, 5.74) is 1.87. The highest BCUT2D eigenvalue weighted by molar-refractivity contribution is 5.95. The van der Waals surface area contributed by atoms with Gasteiger partial charge in [-0.1, -0.05) is 18.2 Å². The molecule has 4 heteroatoms. The largest absolute Gasteiger partial charge is 0.348 e. The molecule has 0 saturated heterocycles. The monoisotopic (exact) mass is 263 g/mol. The number of amides is 1. The Balaban J connectivity index is 2.70. The summed E-state index contributed by atoms with van der Waals surface area (Å²) in [4.78, 5) is 14.3. The topological polar surface area (TPSA) is 44.4 Å². The Bertz CT molecular complexity index is 404. The van der Waals surface area contributed by atoms with Crippen LogP contribution < -0.4 is 10.6 Å². The summed E-state index contributed by atoms with van der Waals surface area (Å²) in [6, 6.07) is 7.94. The minimum Gasteiger partial charge on any atom is -0.348 e. The Morgan fingerprint density at radius 3 is 2.63 bits per heavy atom. The Hall–Kier alpha value is -1.39. The lowest BCUT2D eigenvalue weighted by molar-refractivity contribution is 0.0933. The molecule has 1 aromatic rings. The van der Waals surface area contributed by atoms with Gasteiger partial charge in [0.25, 0.3) is 5.91 Å². The van der Waals surface area contributed by atoms with E-state index in [1.807, 2.05) is 52.3 Å². The average molecular weight is 263 g/mol. The quantitative estimate of drug-likeness (QED) is 0.775. The van der Waals surface area contributed by atoms with Crippen LogP contribution in [0.15, 0.2) is 24.3 Å². The minimum atomic E-state index is 0.0149. The second-order valence-corrected chi connectivity index (χ2v) is 5.15. The van der Waals surface area contributed by atoms with Gasteiger partial charge in [-0.25, -0.2) is 0 Å². The van der Waals surface area contributed by atoms with Gasteiger partial charge in [-0.3, -0.25) is 4.79 Å². The number of hydrogen-bond donors (Lipinski definition) is 2. The van der Waals surface area contributed by atoms with E-state index in [1.165, 1.54) is 0 Å². The highest BCUT2D eigenvalue weighted by Crippen LogP contribution is 2.09. The number of nitrogens with zero attached hydrogens (tertiary/aromatic N) is 1. The van der Waals surface area contributed by atoms with E-state index in [2.05, 4.69) is 15.5 Å². The van der Waals surface area contributed by atoms with E-state index in [9.17, 15) is 4.79 Å². The molecule has 19 heavy (non-hydrogen) atoms. The van der Waals surface area contributed by atoms with Crippen LogP contribution in [0.5, 0.6) is 0 Å². The SMILES string of the molecule is CNCCc1ccccc1C(=O)NC(C)CN(C)C. The summed E-state index contributed by atoms with van der Waals surface area (Å²) in [6.07, 6.45) is 0.863. The summed E-state index contributed by atoms with van der Waals surface area (Å²) in [5, 5.41) is 6.15. The van der Waals surface area contributed by atoms with Gasteiger partial charge in [0.2, 0.25) is 0 Å². The molecule has 0 aromatic heterocycles. The third-order valence-corrected chi connectivity index (χ3v) is 2.92. The summed E-state index contributed by atoms with van der Waals surface area (Å²) >= 11 is 0. The Morgan fingerprint density at radius 1 is 1.32 bits per heavy atom. The van der Waals surface area contributed by atoms with Gasteiger partial charge in [0.1, 0.15) is 0 Å². The molecule has 1 amide bonds. The first kappa shape index (κ1) is 15.7. The Morgan fingerprint density at radius 2 is 2.00 bits per heavy atom. The lowest BCUT2D eigenvalue weighted by atomic mass is 10.0. The molecule has 1 aromatic carbocycles. The highest BCUT2D eigenvalue weighted by Gasteiger charge is 2.13. The zero-order valence-corrected chi connectivity index (χ0v) is 12.4. The van der Waals surface area contributed by atoms with Crippen molar-refractivity contribution in [3.8, 4) is 0 Å². The molecule has 2 N–H and O–H groups in total. The van der Waals surface area contributed by atoms with Gasteiger partial charge in [0.05, 0.1) is 0 Å². The van der Waals surface area contributed by atoms with Crippen LogP contribution in [0.1, 0.15) is 22.8 Å². The third-order valence-electron chi connectivity index (χ3n) is 2.92. The lowest BCUT2D eigenvalue weighted by Gasteiger charge is -2.19. The van der Waals surface area contributed by atoms with Gasteiger partial charge in [-0.15, -0.1) is 0 Å². The van der Waals surface area contributed by atoms with Crippen LogP contribution in [0, 0.1) is 0 Å². The third kappa shape index (κ3) is 5.41. The van der Waals surface area contributed by atoms with Crippen molar-refractivity contribution in [2.24, 2.45) is 0 Å². The smallest absolute Gasteiger partial charge is 0.251 e. The summed E-state index contributed by atoms with van der Waals surface area (Å²) in [5.74, 6) is 0.0149. The zero-order valence-electron chi connectivity index (χ0n) is 12.4. The second-order valence-electron chi connectivity index (χ2n) is 5.15. The normalized spacial score (nSPS) is 12.5. The van der Waals surface area contributed by atoms with E-state index < -0.39 is 0 Å². The van der Waals surface area contributed by atoms with Crippen molar-refractivity contribution in [2.45, 2.75) is 19.4 Å². The van der Waals surface area contributed by atoms with E-state index in [-0.39, 0.29) is 11.9 Å². The van der Waals surface area contributed by atoms with Gasteiger partial charge in [-0.05, 0) is 52.7 Å². The van der Waals surface area contributed by atoms with Crippen LogP contribution in [-0.4, -0.2) is 51.1 Å². The van der Waals surface area contributed by atoms with Crippen molar-refractivity contribution in [1.82, 2.24) is 15.5 Å². The fourth-order valence-corrected chi connectivity index (χ4v) is 2.11. The standard InChI is InChI=1S/C15H25N3O/c1-12(11-18(3)4)17-15(19)14-8-6-5-7-13(14)9-10-16-2/h5-8,12,16H,9-11H2,1-4H3,(H,17,19). The molecule has 106 valence electrons. The summed E-state index contributed by atoms with van der Waals surface area (Å²) in [7, 11) is 5.93. The maximum atomic E-state index is 12.3. The molecular weight excluding hydrogens is 238 g/mol. The van der Waals surface area contributed by atoms with E-state index in [0.29, 0.717) is 0 Å². The molecule has 0 bridgehead atoms. The number of likely N-dealkylation sites (N-methyl/N-ethyl adjacent to an activating group) is 2. The van der Waals surface area contributed by atoms with Crippen molar-refractivity contribution in [1.29, 1.82) is 0 Å². The molecule has 0 radical (unpaired) electrons. The molecule has 0 heterocycles. The molecule has 0 spiro atoms. The number of rotatable bonds is 7. The van der Waals surface area contributed by atoms with E-state index in [0.717, 1.165) is 30.6 Å². The highest BCUT2D eigenvalue weighted by atomic mass is 16.1. The molecule has 0 fully saturated rings. The number of carbonyl (C=O) groups is 1. The molecule has 4 nitrogen and oxygen atoms in total. The Labute approximate surface area is 116 Å². The predicted molar refractivity (Wildman–Crippen MR) is 79.6 cm³/mol. The van der Waals surface area contributed by atoms with Gasteiger partial charge in [0, 0.05) is 18.2 Å². The maximum absolute atomic E-state index is 12.3. The van der Waals surface area contributed by atoms with E-state index >= 15 is 0 Å². The summed E-state index contributed by atoms with van der Waals surface area (Å²) < 4.78 is 0. The van der Waals surface area contributed by atoms with Crippen LogP contribution in [-0.2, 0) is 6.42 Å². The molecule has 0 saturated carbocycles. The van der Waals surface area contributed by atoms with Crippen molar-refractivity contribution in [3.63, 3.8) is 0 Å². The fourth-order valence-electron chi connectivity index (χ4n) is 2.11. The molecule has 1 atom stereocenters. The fraction of sp³-hybridized carbons (Fsp3) is 0.533. The number of hydrogen-bond acceptors (Lipinski definition) is 3. The number of nitrogens with one attached hydrogen (secondary N) is 2. The Kier molecular flexibility index (Phi) is 6.53. The van der Waals surface area contributed by atoms with Gasteiger partial charge < -0.3 is 15.5 Å². The molecular formula is C15H25N3O. The van der Waals surface area contributed by atoms with Gasteiger partial charge >= 0.3 is 0 Å². The predicted octanol–water partition coefficient (Wildman–Crippen LogP) is 1.13. The second kappa shape index (κ2) is 7.92. The number of carbonyl (C=O) groups excluding carboxylic acids is 1. The number of benzene rings is 1. The lowest BCUT2D eigenvalue weighted by Crippen LogP contribution is -2.39. The van der Waals surface area contributed by atoms with Crippen molar-refractivity contribution >= 4 is 5.91 Å². The molecule has 0 aliphatic carbocycles.